The topological polar surface area (TPSA) is 75.7 Å². The van der Waals surface area contributed by atoms with Crippen LogP contribution in [0.2, 0.25) is 10.0 Å². The maximum absolute atomic E-state index is 12.7. The molecule has 6 nitrogen and oxygen atoms in total. The summed E-state index contributed by atoms with van der Waals surface area (Å²) in [5.41, 5.74) is 1.30. The third-order valence-electron chi connectivity index (χ3n) is 4.73. The Bertz CT molecular complexity index is 1180. The molecule has 31 heavy (non-hydrogen) atoms. The number of nitrogens with one attached hydrogen (secondary N) is 1. The van der Waals surface area contributed by atoms with Gasteiger partial charge in [-0.15, -0.1) is 0 Å². The van der Waals surface area contributed by atoms with E-state index in [1.54, 1.807) is 61.5 Å². The van der Waals surface area contributed by atoms with Crippen LogP contribution in [0, 0.1) is 0 Å². The molecule has 3 aromatic carbocycles. The van der Waals surface area contributed by atoms with Crippen molar-refractivity contribution in [3.8, 4) is 5.75 Å². The Balaban J connectivity index is 1.49. The van der Waals surface area contributed by atoms with E-state index in [2.05, 4.69) is 5.32 Å². The molecule has 3 aromatic rings. The van der Waals surface area contributed by atoms with Crippen molar-refractivity contribution in [1.82, 2.24) is 0 Å². The van der Waals surface area contributed by atoms with Crippen LogP contribution >= 0.6 is 23.2 Å². The Morgan fingerprint density at radius 3 is 2.23 bits per heavy atom. The van der Waals surface area contributed by atoms with Crippen LogP contribution in [0.4, 0.5) is 11.4 Å². The van der Waals surface area contributed by atoms with Crippen LogP contribution in [0.25, 0.3) is 0 Å². The SMILES string of the molecule is CC(Oc1cccc(Cl)c1)C(=O)Nc1ccc(N2C(=O)c3ccccc3C2=O)c(Cl)c1. The predicted octanol–water partition coefficient (Wildman–Crippen LogP) is 5.20. The largest absolute Gasteiger partial charge is 0.481 e. The molecule has 0 radical (unpaired) electrons. The van der Waals surface area contributed by atoms with Crippen LogP contribution in [0.3, 0.4) is 0 Å². The molecule has 4 rings (SSSR count). The summed E-state index contributed by atoms with van der Waals surface area (Å²) in [7, 11) is 0. The van der Waals surface area contributed by atoms with Gasteiger partial charge in [0, 0.05) is 10.7 Å². The normalized spacial score (nSPS) is 13.7. The highest BCUT2D eigenvalue weighted by Crippen LogP contribution is 2.34. The van der Waals surface area contributed by atoms with Crippen LogP contribution in [0.15, 0.2) is 66.7 Å². The highest BCUT2D eigenvalue weighted by atomic mass is 35.5. The van der Waals surface area contributed by atoms with Crippen LogP contribution in [-0.2, 0) is 4.79 Å². The Morgan fingerprint density at radius 2 is 1.61 bits per heavy atom. The Morgan fingerprint density at radius 1 is 0.935 bits per heavy atom. The summed E-state index contributed by atoms with van der Waals surface area (Å²) in [5, 5.41) is 3.35. The van der Waals surface area contributed by atoms with Gasteiger partial charge in [-0.3, -0.25) is 14.4 Å². The smallest absolute Gasteiger partial charge is 0.266 e. The average Bonchev–Trinajstić information content (AvgIpc) is 2.99. The molecule has 1 aliphatic heterocycles. The van der Waals surface area contributed by atoms with Gasteiger partial charge in [-0.25, -0.2) is 4.90 Å². The monoisotopic (exact) mass is 454 g/mol. The fourth-order valence-electron chi connectivity index (χ4n) is 3.22. The van der Waals surface area contributed by atoms with Gasteiger partial charge in [0.2, 0.25) is 0 Å². The van der Waals surface area contributed by atoms with Crippen molar-refractivity contribution < 1.29 is 19.1 Å². The lowest BCUT2D eigenvalue weighted by atomic mass is 10.1. The molecule has 0 fully saturated rings. The van der Waals surface area contributed by atoms with E-state index in [9.17, 15) is 14.4 Å². The number of rotatable bonds is 5. The van der Waals surface area contributed by atoms with E-state index in [1.807, 2.05) is 0 Å². The number of nitrogens with zero attached hydrogens (tertiary/aromatic N) is 1. The van der Waals surface area contributed by atoms with Crippen LogP contribution in [0.1, 0.15) is 27.6 Å². The van der Waals surface area contributed by atoms with Crippen LogP contribution in [0.5, 0.6) is 5.75 Å². The molecule has 8 heteroatoms. The maximum atomic E-state index is 12.7. The minimum absolute atomic E-state index is 0.149. The molecule has 1 atom stereocenters. The zero-order valence-electron chi connectivity index (χ0n) is 16.3. The number of carbonyl (C=O) groups is 3. The fraction of sp³-hybridized carbons (Fsp3) is 0.0870. The third kappa shape index (κ3) is 4.13. The molecule has 0 saturated heterocycles. The summed E-state index contributed by atoms with van der Waals surface area (Å²) in [6, 6.07) is 17.9. The summed E-state index contributed by atoms with van der Waals surface area (Å²) in [6.07, 6.45) is -0.798. The van der Waals surface area contributed by atoms with Gasteiger partial charge in [-0.1, -0.05) is 41.4 Å². The first-order valence-electron chi connectivity index (χ1n) is 9.35. The number of amides is 3. The van der Waals surface area contributed by atoms with E-state index in [0.29, 0.717) is 27.6 Å². The van der Waals surface area contributed by atoms with Crippen molar-refractivity contribution in [3.63, 3.8) is 0 Å². The molecule has 3 amide bonds. The predicted molar refractivity (Wildman–Crippen MR) is 119 cm³/mol. The van der Waals surface area contributed by atoms with E-state index >= 15 is 0 Å². The first kappa shape index (κ1) is 20.9. The Labute approximate surface area is 188 Å². The highest BCUT2D eigenvalue weighted by Gasteiger charge is 2.37. The molecule has 0 aromatic heterocycles. The van der Waals surface area contributed by atoms with Gasteiger partial charge in [-0.2, -0.15) is 0 Å². The van der Waals surface area contributed by atoms with Crippen LogP contribution in [-0.4, -0.2) is 23.8 Å². The summed E-state index contributed by atoms with van der Waals surface area (Å²) < 4.78 is 5.60. The second-order valence-corrected chi connectivity index (χ2v) is 7.71. The van der Waals surface area contributed by atoms with E-state index in [0.717, 1.165) is 4.90 Å². The molecule has 0 aliphatic carbocycles. The second kappa shape index (κ2) is 8.41. The van der Waals surface area contributed by atoms with Gasteiger partial charge in [0.25, 0.3) is 17.7 Å². The first-order valence-corrected chi connectivity index (χ1v) is 10.1. The highest BCUT2D eigenvalue weighted by molar-refractivity contribution is 6.40. The van der Waals surface area contributed by atoms with E-state index < -0.39 is 23.8 Å². The minimum Gasteiger partial charge on any atom is -0.481 e. The van der Waals surface area contributed by atoms with Gasteiger partial charge in [0.15, 0.2) is 6.10 Å². The Kier molecular flexibility index (Phi) is 5.67. The number of hydrogen-bond acceptors (Lipinski definition) is 4. The zero-order valence-corrected chi connectivity index (χ0v) is 17.8. The number of ether oxygens (including phenoxy) is 1. The maximum Gasteiger partial charge on any atom is 0.266 e. The van der Waals surface area contributed by atoms with Crippen molar-refractivity contribution in [3.05, 3.63) is 87.9 Å². The number of anilines is 2. The summed E-state index contributed by atoms with van der Waals surface area (Å²) >= 11 is 12.3. The third-order valence-corrected chi connectivity index (χ3v) is 5.27. The second-order valence-electron chi connectivity index (χ2n) is 6.86. The van der Waals surface area contributed by atoms with Gasteiger partial charge >= 0.3 is 0 Å². The van der Waals surface area contributed by atoms with Gasteiger partial charge in [0.1, 0.15) is 5.75 Å². The molecule has 0 bridgehead atoms. The lowest BCUT2D eigenvalue weighted by Crippen LogP contribution is -2.31. The molecule has 1 unspecified atom stereocenters. The van der Waals surface area contributed by atoms with Gasteiger partial charge in [-0.05, 0) is 55.5 Å². The standard InChI is InChI=1S/C23H16Cl2N2O4/c1-13(31-16-6-4-5-14(24)11-16)21(28)26-15-9-10-20(19(25)12-15)27-22(29)17-7-2-3-8-18(17)23(27)30/h2-13H,1H3,(H,26,28). The number of carbonyl (C=O) groups excluding carboxylic acids is 3. The first-order chi connectivity index (χ1) is 14.8. The minimum atomic E-state index is -0.798. The quantitative estimate of drug-likeness (QED) is 0.537. The molecular weight excluding hydrogens is 439 g/mol. The average molecular weight is 455 g/mol. The number of benzene rings is 3. The molecule has 0 spiro atoms. The Hall–Kier alpha value is -3.35. The number of fused-ring (bicyclic) bond motifs is 1. The molecule has 1 aliphatic rings. The van der Waals surface area contributed by atoms with Crippen molar-refractivity contribution in [2.24, 2.45) is 0 Å². The summed E-state index contributed by atoms with van der Waals surface area (Å²) in [6.45, 7) is 1.60. The van der Waals surface area contributed by atoms with E-state index in [4.69, 9.17) is 27.9 Å². The lowest BCUT2D eigenvalue weighted by molar-refractivity contribution is -0.122. The van der Waals surface area contributed by atoms with E-state index in [1.165, 1.54) is 12.1 Å². The van der Waals surface area contributed by atoms with Crippen molar-refractivity contribution in [1.29, 1.82) is 0 Å². The fourth-order valence-corrected chi connectivity index (χ4v) is 3.66. The zero-order chi connectivity index (χ0) is 22.1. The molecule has 0 saturated carbocycles. The molecule has 156 valence electrons. The van der Waals surface area contributed by atoms with Crippen molar-refractivity contribution in [2.75, 3.05) is 10.2 Å². The number of imide groups is 1. The number of hydrogen-bond donors (Lipinski definition) is 1. The van der Waals surface area contributed by atoms with Crippen LogP contribution < -0.4 is 15.0 Å². The molecule has 1 N–H and O–H groups in total. The number of halogens is 2. The van der Waals surface area contributed by atoms with Crippen molar-refractivity contribution in [2.45, 2.75) is 13.0 Å². The molecular formula is C23H16Cl2N2O4. The van der Waals surface area contributed by atoms with Gasteiger partial charge < -0.3 is 10.1 Å². The summed E-state index contributed by atoms with van der Waals surface area (Å²) in [5.74, 6) is -0.815. The molecule has 1 heterocycles. The van der Waals surface area contributed by atoms with Gasteiger partial charge in [0.05, 0.1) is 21.8 Å². The summed E-state index contributed by atoms with van der Waals surface area (Å²) in [4.78, 5) is 38.8. The lowest BCUT2D eigenvalue weighted by Gasteiger charge is -2.18. The van der Waals surface area contributed by atoms with E-state index in [-0.39, 0.29) is 10.7 Å². The van der Waals surface area contributed by atoms with Crippen molar-refractivity contribution >= 4 is 52.3 Å².